The lowest BCUT2D eigenvalue weighted by atomic mass is 10.0. The molecule has 0 spiro atoms. The van der Waals surface area contributed by atoms with E-state index in [1.165, 1.54) is 0 Å². The average molecular weight is 462 g/mol. The van der Waals surface area contributed by atoms with Gasteiger partial charge < -0.3 is 19.5 Å². The Morgan fingerprint density at radius 3 is 2.24 bits per heavy atom. The molecular weight excluding hydrogens is 426 g/mol. The van der Waals surface area contributed by atoms with E-state index in [2.05, 4.69) is 19.2 Å². The zero-order valence-corrected chi connectivity index (χ0v) is 21.0. The van der Waals surface area contributed by atoms with Gasteiger partial charge in [-0.3, -0.25) is 0 Å². The number of rotatable bonds is 10. The van der Waals surface area contributed by atoms with Crippen molar-refractivity contribution in [1.29, 1.82) is 0 Å². The van der Waals surface area contributed by atoms with Crippen LogP contribution >= 0.6 is 0 Å². The molecule has 3 aromatic rings. The maximum atomic E-state index is 12.6. The summed E-state index contributed by atoms with van der Waals surface area (Å²) < 4.78 is 17.1. The number of methoxy groups -OCH3 is 1. The Kier molecular flexibility index (Phi) is 8.58. The highest BCUT2D eigenvalue weighted by molar-refractivity contribution is 5.80. The molecule has 180 valence electrons. The molecule has 5 heteroatoms. The van der Waals surface area contributed by atoms with E-state index in [1.807, 2.05) is 81.4 Å². The van der Waals surface area contributed by atoms with Gasteiger partial charge in [-0.25, -0.2) is 4.79 Å². The number of carbonyl (C=O) groups excluding carboxylic acids is 1. The maximum absolute atomic E-state index is 12.6. The Hall–Kier alpha value is -3.47. The van der Waals surface area contributed by atoms with Gasteiger partial charge in [-0.15, -0.1) is 0 Å². The summed E-state index contributed by atoms with van der Waals surface area (Å²) in [5.41, 5.74) is 4.99. The molecule has 0 fully saturated rings. The van der Waals surface area contributed by atoms with E-state index in [4.69, 9.17) is 14.2 Å². The van der Waals surface area contributed by atoms with E-state index in [1.54, 1.807) is 7.11 Å². The highest BCUT2D eigenvalue weighted by Gasteiger charge is 2.21. The van der Waals surface area contributed by atoms with Gasteiger partial charge >= 0.3 is 5.97 Å². The van der Waals surface area contributed by atoms with Gasteiger partial charge in [0, 0.05) is 17.7 Å². The number of hydrogen-bond acceptors (Lipinski definition) is 5. The standard InChI is InChI=1S/C29H35NO4/c1-7-33-29(31)26(17-22-11-9-8-10-12-22)30-23-15-20(4)28(21(5)16-23)34-24-13-14-27(32-6)25(18-24)19(2)3/h8-16,18-19,26,30H,7,17H2,1-6H3. The van der Waals surface area contributed by atoms with Crippen LogP contribution in [0.5, 0.6) is 17.2 Å². The smallest absolute Gasteiger partial charge is 0.328 e. The molecule has 1 atom stereocenters. The Morgan fingerprint density at radius 1 is 0.971 bits per heavy atom. The number of esters is 1. The van der Waals surface area contributed by atoms with Gasteiger partial charge in [-0.1, -0.05) is 44.2 Å². The molecule has 3 aromatic carbocycles. The monoisotopic (exact) mass is 461 g/mol. The molecule has 0 saturated heterocycles. The van der Waals surface area contributed by atoms with Crippen molar-refractivity contribution in [2.24, 2.45) is 0 Å². The molecule has 0 radical (unpaired) electrons. The lowest BCUT2D eigenvalue weighted by Gasteiger charge is -2.21. The number of aryl methyl sites for hydroxylation is 2. The van der Waals surface area contributed by atoms with E-state index in [0.717, 1.165) is 45.2 Å². The molecule has 1 unspecified atom stereocenters. The number of benzene rings is 3. The molecule has 0 saturated carbocycles. The fraction of sp³-hybridized carbons (Fsp3) is 0.345. The van der Waals surface area contributed by atoms with Gasteiger partial charge in [0.2, 0.25) is 0 Å². The summed E-state index contributed by atoms with van der Waals surface area (Å²) >= 11 is 0. The fourth-order valence-corrected chi connectivity index (χ4v) is 4.03. The molecule has 0 heterocycles. The number of carbonyl (C=O) groups is 1. The van der Waals surface area contributed by atoms with Crippen molar-refractivity contribution in [2.75, 3.05) is 19.0 Å². The second-order valence-electron chi connectivity index (χ2n) is 8.74. The van der Waals surface area contributed by atoms with Gasteiger partial charge in [0.25, 0.3) is 0 Å². The third-order valence-corrected chi connectivity index (χ3v) is 5.70. The molecule has 0 bridgehead atoms. The summed E-state index contributed by atoms with van der Waals surface area (Å²) in [6.45, 7) is 10.5. The lowest BCUT2D eigenvalue weighted by Crippen LogP contribution is -2.33. The predicted octanol–water partition coefficient (Wildman–Crippen LogP) is 6.81. The first-order chi connectivity index (χ1) is 16.3. The minimum absolute atomic E-state index is 0.263. The summed E-state index contributed by atoms with van der Waals surface area (Å²) in [6.07, 6.45) is 0.542. The van der Waals surface area contributed by atoms with E-state index in [9.17, 15) is 4.79 Å². The van der Waals surface area contributed by atoms with Crippen molar-refractivity contribution in [3.63, 3.8) is 0 Å². The van der Waals surface area contributed by atoms with Crippen LogP contribution in [0.25, 0.3) is 0 Å². The molecule has 3 rings (SSSR count). The van der Waals surface area contributed by atoms with Crippen molar-refractivity contribution < 1.29 is 19.0 Å². The van der Waals surface area contributed by atoms with E-state index >= 15 is 0 Å². The number of ether oxygens (including phenoxy) is 3. The normalized spacial score (nSPS) is 11.7. The van der Waals surface area contributed by atoms with Crippen LogP contribution in [-0.2, 0) is 16.0 Å². The van der Waals surface area contributed by atoms with Gasteiger partial charge in [-0.2, -0.15) is 0 Å². The Labute approximate surface area is 203 Å². The average Bonchev–Trinajstić information content (AvgIpc) is 2.81. The summed E-state index contributed by atoms with van der Waals surface area (Å²) in [7, 11) is 1.68. The first kappa shape index (κ1) is 25.2. The third kappa shape index (κ3) is 6.31. The minimum atomic E-state index is -0.483. The lowest BCUT2D eigenvalue weighted by molar-refractivity contribution is -0.144. The molecule has 1 N–H and O–H groups in total. The SMILES string of the molecule is CCOC(=O)C(Cc1ccccc1)Nc1cc(C)c(Oc2ccc(OC)c(C(C)C)c2)c(C)c1. The summed E-state index contributed by atoms with van der Waals surface area (Å²) in [5, 5.41) is 3.38. The van der Waals surface area contributed by atoms with Crippen LogP contribution in [0.4, 0.5) is 5.69 Å². The molecular formula is C29H35NO4. The topological polar surface area (TPSA) is 56.8 Å². The van der Waals surface area contributed by atoms with Crippen LogP contribution in [0.3, 0.4) is 0 Å². The van der Waals surface area contributed by atoms with Crippen molar-refractivity contribution in [3.05, 3.63) is 82.9 Å². The van der Waals surface area contributed by atoms with Crippen molar-refractivity contribution in [3.8, 4) is 17.2 Å². The number of anilines is 1. The minimum Gasteiger partial charge on any atom is -0.496 e. The van der Waals surface area contributed by atoms with Crippen LogP contribution in [-0.4, -0.2) is 25.7 Å². The van der Waals surface area contributed by atoms with E-state index in [0.29, 0.717) is 18.9 Å². The van der Waals surface area contributed by atoms with E-state index in [-0.39, 0.29) is 5.97 Å². The fourth-order valence-electron chi connectivity index (χ4n) is 4.03. The van der Waals surface area contributed by atoms with Crippen LogP contribution < -0.4 is 14.8 Å². The summed E-state index contributed by atoms with van der Waals surface area (Å²) in [4.78, 5) is 12.6. The molecule has 0 aliphatic heterocycles. The van der Waals surface area contributed by atoms with Crippen LogP contribution in [0, 0.1) is 13.8 Å². The third-order valence-electron chi connectivity index (χ3n) is 5.70. The first-order valence-electron chi connectivity index (χ1n) is 11.8. The summed E-state index contributed by atoms with van der Waals surface area (Å²) in [5.74, 6) is 2.49. The largest absolute Gasteiger partial charge is 0.496 e. The van der Waals surface area contributed by atoms with Crippen LogP contribution in [0.15, 0.2) is 60.7 Å². The Bertz CT molecular complexity index is 1090. The van der Waals surface area contributed by atoms with Gasteiger partial charge in [0.1, 0.15) is 23.3 Å². The molecule has 0 aliphatic rings. The first-order valence-corrected chi connectivity index (χ1v) is 11.8. The quantitative estimate of drug-likeness (QED) is 0.336. The molecule has 34 heavy (non-hydrogen) atoms. The van der Waals surface area contributed by atoms with Gasteiger partial charge in [-0.05, 0) is 73.7 Å². The number of nitrogens with one attached hydrogen (secondary N) is 1. The number of hydrogen-bond donors (Lipinski definition) is 1. The van der Waals surface area contributed by atoms with Gasteiger partial charge in [0.15, 0.2) is 0 Å². The van der Waals surface area contributed by atoms with Gasteiger partial charge in [0.05, 0.1) is 13.7 Å². The van der Waals surface area contributed by atoms with Crippen LogP contribution in [0.1, 0.15) is 48.9 Å². The van der Waals surface area contributed by atoms with Crippen LogP contribution in [0.2, 0.25) is 0 Å². The van der Waals surface area contributed by atoms with E-state index < -0.39 is 6.04 Å². The predicted molar refractivity (Wildman–Crippen MR) is 137 cm³/mol. The second kappa shape index (κ2) is 11.6. The molecule has 0 amide bonds. The maximum Gasteiger partial charge on any atom is 0.328 e. The summed E-state index contributed by atoms with van der Waals surface area (Å²) in [6, 6.07) is 19.4. The Morgan fingerprint density at radius 2 is 1.65 bits per heavy atom. The molecule has 0 aromatic heterocycles. The van der Waals surface area contributed by atoms with Crippen molar-refractivity contribution in [2.45, 2.75) is 53.0 Å². The molecule has 0 aliphatic carbocycles. The zero-order chi connectivity index (χ0) is 24.7. The highest BCUT2D eigenvalue weighted by atomic mass is 16.5. The second-order valence-corrected chi connectivity index (χ2v) is 8.74. The highest BCUT2D eigenvalue weighted by Crippen LogP contribution is 2.35. The van der Waals surface area contributed by atoms with Crippen molar-refractivity contribution >= 4 is 11.7 Å². The Balaban J connectivity index is 1.83. The zero-order valence-electron chi connectivity index (χ0n) is 21.0. The van der Waals surface area contributed by atoms with Crippen molar-refractivity contribution in [1.82, 2.24) is 0 Å². The molecule has 5 nitrogen and oxygen atoms in total.